The molecular formula is C9H12NO. The highest BCUT2D eigenvalue weighted by Gasteiger charge is 2.00. The lowest BCUT2D eigenvalue weighted by Gasteiger charge is -2.07. The number of para-hydroxylation sites is 1. The van der Waals surface area contributed by atoms with Gasteiger partial charge in [-0.25, -0.2) is 0 Å². The number of aliphatic hydroxyl groups is 1. The monoisotopic (exact) mass is 150 g/mol. The van der Waals surface area contributed by atoms with Crippen LogP contribution in [0.1, 0.15) is 13.3 Å². The van der Waals surface area contributed by atoms with Crippen molar-refractivity contribution in [2.45, 2.75) is 19.6 Å². The highest BCUT2D eigenvalue weighted by atomic mass is 16.3. The van der Waals surface area contributed by atoms with Gasteiger partial charge in [0.15, 0.2) is 0 Å². The maximum Gasteiger partial charge on any atom is 0.145 e. The second-order valence-electron chi connectivity index (χ2n) is 2.35. The van der Waals surface area contributed by atoms with E-state index in [1.807, 2.05) is 37.3 Å². The van der Waals surface area contributed by atoms with Crippen molar-refractivity contribution in [2.24, 2.45) is 0 Å². The van der Waals surface area contributed by atoms with Crippen LogP contribution in [0, 0.1) is 0 Å². The van der Waals surface area contributed by atoms with E-state index >= 15 is 0 Å². The van der Waals surface area contributed by atoms with Gasteiger partial charge in [0.2, 0.25) is 0 Å². The molecule has 1 unspecified atom stereocenters. The van der Waals surface area contributed by atoms with E-state index in [4.69, 9.17) is 5.11 Å². The quantitative estimate of drug-likeness (QED) is 0.698. The molecule has 0 amide bonds. The van der Waals surface area contributed by atoms with Crippen LogP contribution in [0.2, 0.25) is 0 Å². The second-order valence-corrected chi connectivity index (χ2v) is 2.35. The Morgan fingerprint density at radius 2 is 2.00 bits per heavy atom. The Balaban J connectivity index is 2.51. The molecule has 59 valence electrons. The molecule has 11 heavy (non-hydrogen) atoms. The van der Waals surface area contributed by atoms with Crippen molar-refractivity contribution in [3.05, 3.63) is 30.3 Å². The van der Waals surface area contributed by atoms with E-state index in [2.05, 4.69) is 5.32 Å². The number of benzene rings is 1. The van der Waals surface area contributed by atoms with Crippen LogP contribution in [0.5, 0.6) is 0 Å². The Morgan fingerprint density at radius 1 is 1.36 bits per heavy atom. The summed E-state index contributed by atoms with van der Waals surface area (Å²) in [5, 5.41) is 13.2. The van der Waals surface area contributed by atoms with Crippen LogP contribution in [0.4, 0.5) is 5.69 Å². The lowest BCUT2D eigenvalue weighted by Crippen LogP contribution is -2.15. The van der Waals surface area contributed by atoms with E-state index < -0.39 is 6.23 Å². The van der Waals surface area contributed by atoms with Gasteiger partial charge in [-0.05, 0) is 18.6 Å². The number of rotatable bonds is 3. The van der Waals surface area contributed by atoms with Crippen molar-refractivity contribution in [2.75, 3.05) is 0 Å². The van der Waals surface area contributed by atoms with E-state index in [1.165, 1.54) is 0 Å². The highest BCUT2D eigenvalue weighted by Crippen LogP contribution is 2.07. The lowest BCUT2D eigenvalue weighted by atomic mass is 10.3. The van der Waals surface area contributed by atoms with E-state index in [0.29, 0.717) is 6.42 Å². The molecule has 0 aliphatic heterocycles. The van der Waals surface area contributed by atoms with Crippen LogP contribution in [0.15, 0.2) is 30.3 Å². The Hall–Kier alpha value is -1.02. The lowest BCUT2D eigenvalue weighted by molar-refractivity contribution is 0.148. The van der Waals surface area contributed by atoms with Gasteiger partial charge in [-0.2, -0.15) is 0 Å². The van der Waals surface area contributed by atoms with Crippen molar-refractivity contribution in [1.29, 1.82) is 0 Å². The van der Waals surface area contributed by atoms with E-state index in [0.717, 1.165) is 5.69 Å². The van der Waals surface area contributed by atoms with Gasteiger partial charge in [0.25, 0.3) is 0 Å². The molecule has 1 rings (SSSR count). The molecular weight excluding hydrogens is 138 g/mol. The van der Waals surface area contributed by atoms with Crippen LogP contribution in [-0.4, -0.2) is 11.3 Å². The third-order valence-corrected chi connectivity index (χ3v) is 1.42. The fourth-order valence-corrected chi connectivity index (χ4v) is 0.777. The molecule has 0 heterocycles. The molecule has 1 atom stereocenters. The Kier molecular flexibility index (Phi) is 2.93. The van der Waals surface area contributed by atoms with Gasteiger partial charge in [-0.15, -0.1) is 0 Å². The van der Waals surface area contributed by atoms with Gasteiger partial charge in [0.05, 0.1) is 5.69 Å². The molecule has 0 spiro atoms. The highest BCUT2D eigenvalue weighted by molar-refractivity contribution is 5.34. The summed E-state index contributed by atoms with van der Waals surface area (Å²) in [6, 6.07) is 9.48. The minimum absolute atomic E-state index is 0.558. The summed E-state index contributed by atoms with van der Waals surface area (Å²) in [4.78, 5) is 0. The maximum absolute atomic E-state index is 9.14. The summed E-state index contributed by atoms with van der Waals surface area (Å²) in [6.07, 6.45) is 0.104. The minimum Gasteiger partial charge on any atom is -0.372 e. The molecule has 0 fully saturated rings. The number of hydrogen-bond acceptors (Lipinski definition) is 1. The first-order valence-corrected chi connectivity index (χ1v) is 3.77. The largest absolute Gasteiger partial charge is 0.372 e. The first kappa shape index (κ1) is 8.08. The zero-order chi connectivity index (χ0) is 8.10. The number of hydrogen-bond donors (Lipinski definition) is 1. The molecule has 0 saturated heterocycles. The first-order chi connectivity index (χ1) is 5.33. The molecule has 0 aromatic heterocycles. The Labute approximate surface area is 66.9 Å². The van der Waals surface area contributed by atoms with Crippen molar-refractivity contribution < 1.29 is 5.11 Å². The fourth-order valence-electron chi connectivity index (χ4n) is 0.777. The van der Waals surface area contributed by atoms with Crippen LogP contribution in [0.25, 0.3) is 0 Å². The molecule has 1 N–H and O–H groups in total. The summed E-state index contributed by atoms with van der Waals surface area (Å²) < 4.78 is 0. The van der Waals surface area contributed by atoms with Crippen molar-refractivity contribution in [3.63, 3.8) is 0 Å². The summed E-state index contributed by atoms with van der Waals surface area (Å²) in [5.41, 5.74) is 0.835. The zero-order valence-electron chi connectivity index (χ0n) is 6.57. The Bertz CT molecular complexity index is 198. The smallest absolute Gasteiger partial charge is 0.145 e. The summed E-state index contributed by atoms with van der Waals surface area (Å²) in [7, 11) is 0. The molecule has 2 heteroatoms. The van der Waals surface area contributed by atoms with Gasteiger partial charge < -0.3 is 5.11 Å². The van der Waals surface area contributed by atoms with Gasteiger partial charge in [-0.3, -0.25) is 5.32 Å². The first-order valence-electron chi connectivity index (χ1n) is 3.77. The number of nitrogens with zero attached hydrogens (tertiary/aromatic N) is 1. The summed E-state index contributed by atoms with van der Waals surface area (Å²) in [6.45, 7) is 1.90. The summed E-state index contributed by atoms with van der Waals surface area (Å²) >= 11 is 0. The van der Waals surface area contributed by atoms with Crippen LogP contribution >= 0.6 is 0 Å². The average molecular weight is 150 g/mol. The van der Waals surface area contributed by atoms with Crippen molar-refractivity contribution in [3.8, 4) is 0 Å². The molecule has 2 nitrogen and oxygen atoms in total. The molecule has 0 saturated carbocycles. The van der Waals surface area contributed by atoms with Gasteiger partial charge in [-0.1, -0.05) is 25.1 Å². The standard InChI is InChI=1S/C9H12NO/c1-2-9(11)10-8-6-4-3-5-7-8/h3-7,9,11H,2H2,1H3. The van der Waals surface area contributed by atoms with Crippen LogP contribution < -0.4 is 5.32 Å². The minimum atomic E-state index is -0.558. The molecule has 1 aromatic rings. The predicted molar refractivity (Wildman–Crippen MR) is 44.5 cm³/mol. The van der Waals surface area contributed by atoms with Crippen LogP contribution in [-0.2, 0) is 0 Å². The topological polar surface area (TPSA) is 34.3 Å². The second kappa shape index (κ2) is 3.98. The molecule has 1 radical (unpaired) electrons. The SMILES string of the molecule is CCC(O)[N]c1ccccc1. The van der Waals surface area contributed by atoms with Gasteiger partial charge in [0.1, 0.15) is 6.23 Å². The normalized spacial score (nSPS) is 12.5. The molecule has 0 aliphatic rings. The molecule has 1 aromatic carbocycles. The van der Waals surface area contributed by atoms with Gasteiger partial charge >= 0.3 is 0 Å². The summed E-state index contributed by atoms with van der Waals surface area (Å²) in [5.74, 6) is 0. The third kappa shape index (κ3) is 2.60. The maximum atomic E-state index is 9.14. The Morgan fingerprint density at radius 3 is 2.55 bits per heavy atom. The van der Waals surface area contributed by atoms with Gasteiger partial charge in [0, 0.05) is 0 Å². The molecule has 0 bridgehead atoms. The average Bonchev–Trinajstić information content (AvgIpc) is 2.06. The zero-order valence-corrected chi connectivity index (χ0v) is 6.57. The molecule has 0 aliphatic carbocycles. The predicted octanol–water partition coefficient (Wildman–Crippen LogP) is 1.65. The number of aliphatic hydroxyl groups excluding tert-OH is 1. The van der Waals surface area contributed by atoms with E-state index in [1.54, 1.807) is 0 Å². The van der Waals surface area contributed by atoms with Crippen LogP contribution in [0.3, 0.4) is 0 Å². The van der Waals surface area contributed by atoms with Crippen molar-refractivity contribution in [1.82, 2.24) is 5.32 Å². The van der Waals surface area contributed by atoms with Crippen molar-refractivity contribution >= 4 is 5.69 Å². The van der Waals surface area contributed by atoms with E-state index in [9.17, 15) is 0 Å². The van der Waals surface area contributed by atoms with E-state index in [-0.39, 0.29) is 0 Å². The fraction of sp³-hybridized carbons (Fsp3) is 0.333. The third-order valence-electron chi connectivity index (χ3n) is 1.42.